The van der Waals surface area contributed by atoms with Crippen molar-refractivity contribution in [1.29, 1.82) is 0 Å². The fraction of sp³-hybridized carbons (Fsp3) is 0. The summed E-state index contributed by atoms with van der Waals surface area (Å²) < 4.78 is 100. The van der Waals surface area contributed by atoms with E-state index in [1.807, 2.05) is 0 Å². The zero-order valence-electron chi connectivity index (χ0n) is 26.9. The molecule has 2 aliphatic carbocycles. The molecule has 4 aromatic carbocycles. The number of benzene rings is 4. The first-order chi connectivity index (χ1) is 25.3. The van der Waals surface area contributed by atoms with Crippen molar-refractivity contribution in [2.45, 2.75) is 4.90 Å². The van der Waals surface area contributed by atoms with Gasteiger partial charge in [-0.05, 0) is 96.1 Å². The van der Waals surface area contributed by atoms with Crippen LogP contribution in [0.3, 0.4) is 0 Å². The quantitative estimate of drug-likeness (QED) is 0.0538. The first-order valence-corrected chi connectivity index (χ1v) is 19.2. The molecule has 0 unspecified atom stereocenters. The van der Waals surface area contributed by atoms with Gasteiger partial charge in [-0.2, -0.15) is 45.7 Å². The number of rotatable bonds is 9. The molecule has 9 N–H and O–H groups in total. The van der Waals surface area contributed by atoms with Gasteiger partial charge in [-0.15, -0.1) is 0 Å². The number of carbonyl (C=O) groups is 2. The molecule has 54 heavy (non-hydrogen) atoms. The van der Waals surface area contributed by atoms with Crippen LogP contribution in [0.4, 0.5) is 34.1 Å². The van der Waals surface area contributed by atoms with Gasteiger partial charge in [0.25, 0.3) is 30.4 Å². The van der Waals surface area contributed by atoms with Crippen LogP contribution in [0.2, 0.25) is 0 Å². The Kier molecular flexibility index (Phi) is 9.57. The minimum Gasteiger partial charge on any atom is -0.399 e. The molecule has 0 aliphatic heterocycles. The van der Waals surface area contributed by atoms with Gasteiger partial charge in [0.05, 0.1) is 33.2 Å². The van der Waals surface area contributed by atoms with Crippen LogP contribution in [0.1, 0.15) is 31.8 Å². The highest BCUT2D eigenvalue weighted by Gasteiger charge is 2.35. The fourth-order valence-corrected chi connectivity index (χ4v) is 7.01. The third-order valence-electron chi connectivity index (χ3n) is 7.65. The molecule has 2 aliphatic rings. The second-order valence-corrected chi connectivity index (χ2v) is 15.6. The van der Waals surface area contributed by atoms with E-state index in [1.54, 1.807) is 0 Å². The van der Waals surface area contributed by atoms with E-state index in [2.05, 4.69) is 31.3 Å². The first kappa shape index (κ1) is 37.3. The van der Waals surface area contributed by atoms with Gasteiger partial charge in [0.15, 0.2) is 11.4 Å². The number of Topliss-reactive ketones (excluding diaryl/α,β-unsaturated/α-hetero) is 2. The average Bonchev–Trinajstić information content (AvgIpc) is 3.09. The third kappa shape index (κ3) is 7.82. The zero-order chi connectivity index (χ0) is 39.2. The lowest BCUT2D eigenvalue weighted by Gasteiger charge is -2.18. The molecule has 6 rings (SSSR count). The highest BCUT2D eigenvalue weighted by Crippen LogP contribution is 2.33. The number of hydrogen-bond acceptors (Lipinski definition) is 16. The molecule has 0 fully saturated rings. The smallest absolute Gasteiger partial charge is 0.296 e. The molecule has 0 saturated carbocycles. The highest BCUT2D eigenvalue weighted by atomic mass is 32.2. The number of anilines is 4. The number of fused-ring (bicyclic) bond motifs is 2. The number of nitrogen functional groups attached to an aromatic ring is 2. The van der Waals surface area contributed by atoms with Crippen molar-refractivity contribution in [3.8, 4) is 0 Å². The van der Waals surface area contributed by atoms with Crippen LogP contribution in [0.15, 0.2) is 114 Å². The van der Waals surface area contributed by atoms with Crippen molar-refractivity contribution >= 4 is 99.6 Å². The van der Waals surface area contributed by atoms with E-state index in [-0.39, 0.29) is 33.6 Å². The SMILES string of the molecule is Nc1ccc2c(c1)C(=O)/C(=N\Nc1ccc(N=Nc3ccc(N/N=C4\C(=O)c5c(N)cc(S(=O)(=O)O)cc5C=C4S(=O)(=O)O)cc3)cc1)C(S(=O)(=O)O)=C2. The largest absolute Gasteiger partial charge is 0.399 e. The Morgan fingerprint density at radius 3 is 1.52 bits per heavy atom. The van der Waals surface area contributed by atoms with Gasteiger partial charge in [-0.3, -0.25) is 34.1 Å². The number of hydrazone groups is 2. The number of allylic oxidation sites excluding steroid dienone is 2. The second kappa shape index (κ2) is 13.8. The van der Waals surface area contributed by atoms with E-state index < -0.39 is 73.7 Å². The van der Waals surface area contributed by atoms with E-state index in [1.165, 1.54) is 66.7 Å². The number of carbonyl (C=O) groups excluding carboxylic acids is 2. The molecule has 22 heteroatoms. The number of hydrogen-bond donors (Lipinski definition) is 7. The maximum Gasteiger partial charge on any atom is 0.296 e. The Labute approximate surface area is 305 Å². The molecule has 0 spiro atoms. The predicted octanol–water partition coefficient (Wildman–Crippen LogP) is 4.30. The molecule has 0 saturated heterocycles. The van der Waals surface area contributed by atoms with Gasteiger partial charge in [0.2, 0.25) is 11.6 Å². The van der Waals surface area contributed by atoms with Crippen LogP contribution in [-0.2, 0) is 30.4 Å². The fourth-order valence-electron chi connectivity index (χ4n) is 5.14. The minimum absolute atomic E-state index is 0.108. The molecule has 276 valence electrons. The van der Waals surface area contributed by atoms with Gasteiger partial charge < -0.3 is 11.5 Å². The van der Waals surface area contributed by atoms with Crippen molar-refractivity contribution in [2.75, 3.05) is 22.3 Å². The van der Waals surface area contributed by atoms with Crippen LogP contribution in [0.25, 0.3) is 12.2 Å². The normalized spacial score (nSPS) is 16.2. The minimum atomic E-state index is -5.06. The average molecular weight is 793 g/mol. The maximum atomic E-state index is 13.2. The molecular formula is C32H24N8O11S3. The van der Waals surface area contributed by atoms with Gasteiger partial charge in [-0.1, -0.05) is 6.07 Å². The summed E-state index contributed by atoms with van der Waals surface area (Å²) in [6.07, 6.45) is 1.91. The topological polar surface area (TPSA) is 323 Å². The standard InChI is InChI=1S/C32H24N8O11S3/c33-18-2-1-16-12-26(53(46,47)48)29(31(41)24(16)14-18)39-37-21-7-3-19(4-8-21)35-36-20-5-9-22(10-6-20)38-40-30-27(54(49,50)51)13-17-11-23(52(43,44)45)15-25(34)28(17)32(30)42/h1-15,37-38H,33-34H2,(H,43,44,45)(H,46,47,48)(H,49,50,51)/b36-35?,39-29-,40-30-. The van der Waals surface area contributed by atoms with Gasteiger partial charge in [0, 0.05) is 16.9 Å². The number of azo groups is 1. The Bertz CT molecular complexity index is 2780. The van der Waals surface area contributed by atoms with Crippen LogP contribution in [-0.4, -0.2) is 61.9 Å². The van der Waals surface area contributed by atoms with Crippen molar-refractivity contribution in [3.05, 3.63) is 111 Å². The molecule has 0 heterocycles. The summed E-state index contributed by atoms with van der Waals surface area (Å²) >= 11 is 0. The van der Waals surface area contributed by atoms with Gasteiger partial charge >= 0.3 is 0 Å². The van der Waals surface area contributed by atoms with E-state index in [9.17, 15) is 48.5 Å². The monoisotopic (exact) mass is 792 g/mol. The number of nitrogens with two attached hydrogens (primary N) is 2. The van der Waals surface area contributed by atoms with Crippen molar-refractivity contribution in [3.63, 3.8) is 0 Å². The summed E-state index contributed by atoms with van der Waals surface area (Å²) in [4.78, 5) is 23.9. The predicted molar refractivity (Wildman–Crippen MR) is 198 cm³/mol. The molecule has 0 bridgehead atoms. The number of nitrogens with one attached hydrogen (secondary N) is 2. The first-order valence-electron chi connectivity index (χ1n) is 14.9. The summed E-state index contributed by atoms with van der Waals surface area (Å²) in [5.74, 6) is -1.82. The molecule has 19 nitrogen and oxygen atoms in total. The van der Waals surface area contributed by atoms with Crippen LogP contribution >= 0.6 is 0 Å². The van der Waals surface area contributed by atoms with E-state index >= 15 is 0 Å². The lowest BCUT2D eigenvalue weighted by atomic mass is 9.93. The van der Waals surface area contributed by atoms with Crippen LogP contribution < -0.4 is 22.3 Å². The molecular weight excluding hydrogens is 769 g/mol. The Morgan fingerprint density at radius 2 is 1.04 bits per heavy atom. The number of ketones is 2. The second-order valence-electron chi connectivity index (χ2n) is 11.4. The molecule has 0 amide bonds. The Morgan fingerprint density at radius 1 is 0.556 bits per heavy atom. The van der Waals surface area contributed by atoms with Crippen LogP contribution in [0, 0.1) is 0 Å². The summed E-state index contributed by atoms with van der Waals surface area (Å²) in [6, 6.07) is 18.0. The Hall–Kier alpha value is -6.43. The summed E-state index contributed by atoms with van der Waals surface area (Å²) in [5.41, 5.74) is 16.4. The molecule has 0 atom stereocenters. The lowest BCUT2D eigenvalue weighted by Crippen LogP contribution is -2.28. The van der Waals surface area contributed by atoms with Gasteiger partial charge in [0.1, 0.15) is 9.81 Å². The lowest BCUT2D eigenvalue weighted by molar-refractivity contribution is 0.105. The number of nitrogens with zero attached hydrogens (tertiary/aromatic N) is 4. The van der Waals surface area contributed by atoms with Crippen molar-refractivity contribution in [2.24, 2.45) is 20.4 Å². The maximum absolute atomic E-state index is 13.2. The highest BCUT2D eigenvalue weighted by molar-refractivity contribution is 7.91. The zero-order valence-corrected chi connectivity index (χ0v) is 29.4. The molecule has 4 aromatic rings. The van der Waals surface area contributed by atoms with Crippen LogP contribution in [0.5, 0.6) is 0 Å². The van der Waals surface area contributed by atoms with E-state index in [0.29, 0.717) is 17.1 Å². The third-order valence-corrected chi connectivity index (χ3v) is 10.2. The van der Waals surface area contributed by atoms with Gasteiger partial charge in [-0.25, -0.2) is 0 Å². The summed E-state index contributed by atoms with van der Waals surface area (Å²) in [7, 11) is -14.6. The van der Waals surface area contributed by atoms with E-state index in [4.69, 9.17) is 11.5 Å². The van der Waals surface area contributed by atoms with Crippen molar-refractivity contribution < 1.29 is 48.5 Å². The molecule has 0 aromatic heterocycles. The summed E-state index contributed by atoms with van der Waals surface area (Å²) in [6.45, 7) is 0. The van der Waals surface area contributed by atoms with Crippen molar-refractivity contribution in [1.82, 2.24) is 0 Å². The Balaban J connectivity index is 1.15. The van der Waals surface area contributed by atoms with E-state index in [0.717, 1.165) is 24.3 Å². The molecule has 0 radical (unpaired) electrons. The summed E-state index contributed by atoms with van der Waals surface area (Å²) in [5, 5.41) is 16.0.